The highest BCUT2D eigenvalue weighted by Gasteiger charge is 2.19. The Morgan fingerprint density at radius 3 is 2.91 bits per heavy atom. The van der Waals surface area contributed by atoms with E-state index in [1.54, 1.807) is 11.3 Å². The van der Waals surface area contributed by atoms with Crippen molar-refractivity contribution >= 4 is 17.2 Å². The Morgan fingerprint density at radius 2 is 2.14 bits per heavy atom. The molecule has 1 saturated carbocycles. The summed E-state index contributed by atoms with van der Waals surface area (Å²) in [5.74, 6) is 0.781. The number of ether oxygens (including phenoxy) is 1. The Hall–Kier alpha value is -0.940. The van der Waals surface area contributed by atoms with E-state index < -0.39 is 0 Å². The van der Waals surface area contributed by atoms with Gasteiger partial charge in [0.1, 0.15) is 0 Å². The fourth-order valence-electron chi connectivity index (χ4n) is 3.42. The number of carbonyl (C=O) groups excluding carboxylic acids is 1. The SMILES string of the molecule is O=C(C[C@@H]1CCCO1)NCCc1nc(C2CCCCC2)cs1. The number of hydrogen-bond acceptors (Lipinski definition) is 4. The van der Waals surface area contributed by atoms with Crippen LogP contribution in [0.25, 0.3) is 0 Å². The van der Waals surface area contributed by atoms with E-state index in [9.17, 15) is 4.79 Å². The van der Waals surface area contributed by atoms with Crippen LogP contribution in [0.2, 0.25) is 0 Å². The average molecular weight is 322 g/mol. The molecule has 1 aliphatic heterocycles. The number of nitrogens with one attached hydrogen (secondary N) is 1. The Balaban J connectivity index is 1.38. The summed E-state index contributed by atoms with van der Waals surface area (Å²) in [6, 6.07) is 0. The van der Waals surface area contributed by atoms with E-state index in [1.807, 2.05) is 0 Å². The molecule has 0 unspecified atom stereocenters. The molecule has 2 heterocycles. The van der Waals surface area contributed by atoms with Gasteiger partial charge in [0, 0.05) is 30.9 Å². The molecule has 122 valence electrons. The normalized spacial score (nSPS) is 22.8. The second-order valence-electron chi connectivity index (χ2n) is 6.44. The van der Waals surface area contributed by atoms with Gasteiger partial charge in [-0.15, -0.1) is 11.3 Å². The van der Waals surface area contributed by atoms with Crippen LogP contribution < -0.4 is 5.32 Å². The molecule has 4 nitrogen and oxygen atoms in total. The molecular weight excluding hydrogens is 296 g/mol. The highest BCUT2D eigenvalue weighted by Crippen LogP contribution is 2.33. The van der Waals surface area contributed by atoms with Gasteiger partial charge in [-0.3, -0.25) is 4.79 Å². The Morgan fingerprint density at radius 1 is 1.27 bits per heavy atom. The number of rotatable bonds is 6. The lowest BCUT2D eigenvalue weighted by Gasteiger charge is -2.19. The first-order valence-corrected chi connectivity index (χ1v) is 9.52. The van der Waals surface area contributed by atoms with Crippen molar-refractivity contribution in [1.82, 2.24) is 10.3 Å². The lowest BCUT2D eigenvalue weighted by molar-refractivity contribution is -0.123. The van der Waals surface area contributed by atoms with Crippen LogP contribution in [0.1, 0.15) is 68.0 Å². The molecule has 0 spiro atoms. The summed E-state index contributed by atoms with van der Waals surface area (Å²) in [7, 11) is 0. The van der Waals surface area contributed by atoms with E-state index in [-0.39, 0.29) is 12.0 Å². The van der Waals surface area contributed by atoms with E-state index in [2.05, 4.69) is 10.7 Å². The topological polar surface area (TPSA) is 51.2 Å². The van der Waals surface area contributed by atoms with Crippen LogP contribution in [0.4, 0.5) is 0 Å². The quantitative estimate of drug-likeness (QED) is 0.873. The second kappa shape index (κ2) is 8.06. The standard InChI is InChI=1S/C17H26N2O2S/c20-16(11-14-7-4-10-21-14)18-9-8-17-19-15(12-22-17)13-5-2-1-3-6-13/h12-14H,1-11H2,(H,18,20)/t14-/m0/s1. The van der Waals surface area contributed by atoms with Gasteiger partial charge in [-0.1, -0.05) is 19.3 Å². The van der Waals surface area contributed by atoms with E-state index in [0.717, 1.165) is 30.9 Å². The van der Waals surface area contributed by atoms with E-state index >= 15 is 0 Å². The first-order chi connectivity index (χ1) is 10.8. The maximum Gasteiger partial charge on any atom is 0.222 e. The lowest BCUT2D eigenvalue weighted by atomic mass is 9.87. The molecule has 1 amide bonds. The third-order valence-electron chi connectivity index (χ3n) is 4.69. The Bertz CT molecular complexity index is 477. The van der Waals surface area contributed by atoms with Crippen molar-refractivity contribution in [3.63, 3.8) is 0 Å². The molecule has 0 radical (unpaired) electrons. The number of aromatic nitrogens is 1. The maximum absolute atomic E-state index is 11.8. The van der Waals surface area contributed by atoms with Crippen molar-refractivity contribution in [2.45, 2.75) is 69.8 Å². The van der Waals surface area contributed by atoms with Crippen molar-refractivity contribution in [2.24, 2.45) is 0 Å². The summed E-state index contributed by atoms with van der Waals surface area (Å²) in [5.41, 5.74) is 1.28. The molecule has 1 aromatic rings. The van der Waals surface area contributed by atoms with Gasteiger partial charge in [-0.25, -0.2) is 4.98 Å². The molecule has 1 aliphatic carbocycles. The molecule has 1 aromatic heterocycles. The maximum atomic E-state index is 11.8. The summed E-state index contributed by atoms with van der Waals surface area (Å²) in [4.78, 5) is 16.6. The smallest absolute Gasteiger partial charge is 0.222 e. The van der Waals surface area contributed by atoms with Gasteiger partial charge >= 0.3 is 0 Å². The van der Waals surface area contributed by atoms with E-state index in [1.165, 1.54) is 37.8 Å². The number of thiazole rings is 1. The van der Waals surface area contributed by atoms with Crippen LogP contribution in [-0.2, 0) is 16.0 Å². The number of nitrogens with zero attached hydrogens (tertiary/aromatic N) is 1. The van der Waals surface area contributed by atoms with Crippen molar-refractivity contribution in [3.05, 3.63) is 16.1 Å². The van der Waals surface area contributed by atoms with Gasteiger partial charge in [0.05, 0.1) is 23.2 Å². The zero-order valence-corrected chi connectivity index (χ0v) is 14.0. The molecule has 1 atom stereocenters. The van der Waals surface area contributed by atoms with Crippen molar-refractivity contribution in [2.75, 3.05) is 13.2 Å². The zero-order chi connectivity index (χ0) is 15.2. The molecule has 1 saturated heterocycles. The monoisotopic (exact) mass is 322 g/mol. The van der Waals surface area contributed by atoms with Gasteiger partial charge in [0.2, 0.25) is 5.91 Å². The fourth-order valence-corrected chi connectivity index (χ4v) is 4.30. The number of carbonyl (C=O) groups is 1. The van der Waals surface area contributed by atoms with Crippen LogP contribution in [0, 0.1) is 0 Å². The van der Waals surface area contributed by atoms with Crippen LogP contribution in [0.15, 0.2) is 5.38 Å². The second-order valence-corrected chi connectivity index (χ2v) is 7.38. The summed E-state index contributed by atoms with van der Waals surface area (Å²) in [5, 5.41) is 6.37. The average Bonchev–Trinajstić information content (AvgIpc) is 3.20. The van der Waals surface area contributed by atoms with Gasteiger partial charge < -0.3 is 10.1 Å². The summed E-state index contributed by atoms with van der Waals surface area (Å²) in [6.07, 6.45) is 10.2. The molecular formula is C17H26N2O2S. The molecule has 3 rings (SSSR count). The van der Waals surface area contributed by atoms with Crippen molar-refractivity contribution in [3.8, 4) is 0 Å². The molecule has 2 fully saturated rings. The summed E-state index contributed by atoms with van der Waals surface area (Å²) in [6.45, 7) is 1.49. The van der Waals surface area contributed by atoms with Gasteiger partial charge in [0.25, 0.3) is 0 Å². The molecule has 0 aromatic carbocycles. The first-order valence-electron chi connectivity index (χ1n) is 8.64. The first kappa shape index (κ1) is 15.9. The minimum Gasteiger partial charge on any atom is -0.378 e. The fraction of sp³-hybridized carbons (Fsp3) is 0.765. The minimum absolute atomic E-state index is 0.107. The summed E-state index contributed by atoms with van der Waals surface area (Å²) >= 11 is 1.74. The molecule has 2 aliphatic rings. The van der Waals surface area contributed by atoms with Gasteiger partial charge in [-0.05, 0) is 25.7 Å². The Labute approximate surface area is 136 Å². The molecule has 22 heavy (non-hydrogen) atoms. The van der Waals surface area contributed by atoms with Crippen molar-refractivity contribution < 1.29 is 9.53 Å². The number of hydrogen-bond donors (Lipinski definition) is 1. The molecule has 0 bridgehead atoms. The van der Waals surface area contributed by atoms with Crippen LogP contribution in [0.3, 0.4) is 0 Å². The largest absolute Gasteiger partial charge is 0.378 e. The van der Waals surface area contributed by atoms with Gasteiger partial charge in [0.15, 0.2) is 0 Å². The molecule has 1 N–H and O–H groups in total. The van der Waals surface area contributed by atoms with Crippen molar-refractivity contribution in [1.29, 1.82) is 0 Å². The van der Waals surface area contributed by atoms with Crippen LogP contribution >= 0.6 is 11.3 Å². The number of amides is 1. The highest BCUT2D eigenvalue weighted by atomic mass is 32.1. The molecule has 5 heteroatoms. The Kier molecular flexibility index (Phi) is 5.84. The van der Waals surface area contributed by atoms with Crippen LogP contribution in [0.5, 0.6) is 0 Å². The minimum atomic E-state index is 0.107. The predicted molar refractivity (Wildman–Crippen MR) is 88.2 cm³/mol. The third kappa shape index (κ3) is 4.53. The highest BCUT2D eigenvalue weighted by molar-refractivity contribution is 7.09. The van der Waals surface area contributed by atoms with E-state index in [0.29, 0.717) is 18.9 Å². The van der Waals surface area contributed by atoms with E-state index in [4.69, 9.17) is 9.72 Å². The third-order valence-corrected chi connectivity index (χ3v) is 5.62. The lowest BCUT2D eigenvalue weighted by Crippen LogP contribution is -2.28. The summed E-state index contributed by atoms with van der Waals surface area (Å²) < 4.78 is 5.49. The van der Waals surface area contributed by atoms with Gasteiger partial charge in [-0.2, -0.15) is 0 Å². The zero-order valence-electron chi connectivity index (χ0n) is 13.2. The van der Waals surface area contributed by atoms with Crippen LogP contribution in [-0.4, -0.2) is 30.1 Å². The predicted octanol–water partition coefficient (Wildman–Crippen LogP) is 3.42.